The van der Waals surface area contributed by atoms with Crippen LogP contribution in [-0.2, 0) is 9.47 Å². The Labute approximate surface area is 103 Å². The highest BCUT2D eigenvalue weighted by molar-refractivity contribution is 4.91. The van der Waals surface area contributed by atoms with Crippen molar-refractivity contribution in [2.75, 3.05) is 26.3 Å². The Kier molecular flexibility index (Phi) is 3.39. The van der Waals surface area contributed by atoms with Crippen LogP contribution in [0.2, 0.25) is 0 Å². The van der Waals surface area contributed by atoms with Gasteiger partial charge in [-0.1, -0.05) is 0 Å². The van der Waals surface area contributed by atoms with Gasteiger partial charge in [-0.15, -0.1) is 0 Å². The van der Waals surface area contributed by atoms with Crippen molar-refractivity contribution < 1.29 is 9.47 Å². The fourth-order valence-electron chi connectivity index (χ4n) is 3.75. The minimum absolute atomic E-state index is 0.214. The fraction of sp³-hybridized carbons (Fsp3) is 1.00. The Morgan fingerprint density at radius 3 is 2.47 bits per heavy atom. The Morgan fingerprint density at radius 1 is 1.12 bits per heavy atom. The SMILES string of the molecule is NCC1CCCN1C1CCC2(CC1)OCCO2. The van der Waals surface area contributed by atoms with Crippen molar-refractivity contribution in [1.82, 2.24) is 4.90 Å². The van der Waals surface area contributed by atoms with Gasteiger partial charge in [0.1, 0.15) is 0 Å². The van der Waals surface area contributed by atoms with Crippen molar-refractivity contribution in [2.24, 2.45) is 5.73 Å². The van der Waals surface area contributed by atoms with Crippen LogP contribution in [0.4, 0.5) is 0 Å². The highest BCUT2D eigenvalue weighted by atomic mass is 16.7. The molecule has 3 rings (SSSR count). The molecule has 3 fully saturated rings. The maximum atomic E-state index is 5.86. The number of nitrogens with two attached hydrogens (primary N) is 1. The van der Waals surface area contributed by atoms with E-state index in [0.717, 1.165) is 32.6 Å². The van der Waals surface area contributed by atoms with Crippen LogP contribution in [0.5, 0.6) is 0 Å². The maximum Gasteiger partial charge on any atom is 0.168 e. The highest BCUT2D eigenvalue weighted by Crippen LogP contribution is 2.38. The van der Waals surface area contributed by atoms with E-state index in [1.54, 1.807) is 0 Å². The number of rotatable bonds is 2. The zero-order chi connectivity index (χ0) is 11.7. The number of nitrogens with zero attached hydrogens (tertiary/aromatic N) is 1. The molecule has 0 aromatic carbocycles. The Hall–Kier alpha value is -0.160. The van der Waals surface area contributed by atoms with Gasteiger partial charge < -0.3 is 15.2 Å². The van der Waals surface area contributed by atoms with Crippen molar-refractivity contribution in [3.05, 3.63) is 0 Å². The molecule has 1 unspecified atom stereocenters. The zero-order valence-corrected chi connectivity index (χ0v) is 10.6. The standard InChI is InChI=1S/C13H24N2O2/c14-10-12-2-1-7-15(12)11-3-5-13(6-4-11)16-8-9-17-13/h11-12H,1-10,14H2. The lowest BCUT2D eigenvalue weighted by Gasteiger charge is -2.41. The molecule has 4 nitrogen and oxygen atoms in total. The molecule has 4 heteroatoms. The number of ether oxygens (including phenoxy) is 2. The molecule has 2 N–H and O–H groups in total. The Bertz CT molecular complexity index is 256. The third kappa shape index (κ3) is 2.24. The lowest BCUT2D eigenvalue weighted by molar-refractivity contribution is -0.184. The van der Waals surface area contributed by atoms with Gasteiger partial charge in [0.05, 0.1) is 13.2 Å². The van der Waals surface area contributed by atoms with Crippen molar-refractivity contribution in [2.45, 2.75) is 56.4 Å². The molecule has 17 heavy (non-hydrogen) atoms. The molecule has 0 aromatic heterocycles. The second kappa shape index (κ2) is 4.84. The van der Waals surface area contributed by atoms with E-state index >= 15 is 0 Å². The maximum absolute atomic E-state index is 5.86. The molecular formula is C13H24N2O2. The van der Waals surface area contributed by atoms with E-state index in [9.17, 15) is 0 Å². The fourth-order valence-corrected chi connectivity index (χ4v) is 3.75. The van der Waals surface area contributed by atoms with E-state index in [0.29, 0.717) is 12.1 Å². The molecule has 1 saturated carbocycles. The topological polar surface area (TPSA) is 47.7 Å². The molecule has 2 heterocycles. The lowest BCUT2D eigenvalue weighted by Crippen LogP contribution is -2.47. The van der Waals surface area contributed by atoms with Gasteiger partial charge in [-0.25, -0.2) is 0 Å². The number of hydrogen-bond donors (Lipinski definition) is 1. The third-order valence-electron chi connectivity index (χ3n) is 4.69. The van der Waals surface area contributed by atoms with E-state index in [1.165, 1.54) is 32.2 Å². The molecule has 1 aliphatic carbocycles. The summed E-state index contributed by atoms with van der Waals surface area (Å²) in [7, 11) is 0. The van der Waals surface area contributed by atoms with Gasteiger partial charge in [0.15, 0.2) is 5.79 Å². The second-order valence-corrected chi connectivity index (χ2v) is 5.61. The molecule has 0 bridgehead atoms. The van der Waals surface area contributed by atoms with Gasteiger partial charge in [0.2, 0.25) is 0 Å². The molecule has 1 spiro atoms. The largest absolute Gasteiger partial charge is 0.348 e. The molecule has 3 aliphatic rings. The number of likely N-dealkylation sites (tertiary alicyclic amines) is 1. The van der Waals surface area contributed by atoms with Crippen LogP contribution in [0.15, 0.2) is 0 Å². The monoisotopic (exact) mass is 240 g/mol. The predicted octanol–water partition coefficient (Wildman–Crippen LogP) is 1.10. The van der Waals surface area contributed by atoms with Crippen LogP contribution in [0.3, 0.4) is 0 Å². The first-order chi connectivity index (χ1) is 8.33. The molecule has 0 aromatic rings. The summed E-state index contributed by atoms with van der Waals surface area (Å²) in [6.07, 6.45) is 7.13. The average Bonchev–Trinajstić information content (AvgIpc) is 3.00. The van der Waals surface area contributed by atoms with Crippen molar-refractivity contribution in [3.8, 4) is 0 Å². The molecular weight excluding hydrogens is 216 g/mol. The van der Waals surface area contributed by atoms with E-state index in [-0.39, 0.29) is 5.79 Å². The first kappa shape index (κ1) is 11.9. The molecule has 1 atom stereocenters. The van der Waals surface area contributed by atoms with Gasteiger partial charge >= 0.3 is 0 Å². The molecule has 2 aliphatic heterocycles. The van der Waals surface area contributed by atoms with Crippen LogP contribution in [-0.4, -0.2) is 49.1 Å². The van der Waals surface area contributed by atoms with E-state index in [4.69, 9.17) is 15.2 Å². The molecule has 2 saturated heterocycles. The summed E-state index contributed by atoms with van der Waals surface area (Å²) in [6, 6.07) is 1.34. The van der Waals surface area contributed by atoms with Crippen molar-refractivity contribution >= 4 is 0 Å². The highest BCUT2D eigenvalue weighted by Gasteiger charge is 2.42. The minimum atomic E-state index is -0.214. The second-order valence-electron chi connectivity index (χ2n) is 5.61. The van der Waals surface area contributed by atoms with Crippen LogP contribution >= 0.6 is 0 Å². The summed E-state index contributed by atoms with van der Waals surface area (Å²) in [5.41, 5.74) is 5.86. The van der Waals surface area contributed by atoms with E-state index in [1.807, 2.05) is 0 Å². The third-order valence-corrected chi connectivity index (χ3v) is 4.69. The average molecular weight is 240 g/mol. The summed E-state index contributed by atoms with van der Waals surface area (Å²) >= 11 is 0. The van der Waals surface area contributed by atoms with Crippen molar-refractivity contribution in [1.29, 1.82) is 0 Å². The summed E-state index contributed by atoms with van der Waals surface area (Å²) in [4.78, 5) is 2.64. The first-order valence-electron chi connectivity index (χ1n) is 7.07. The van der Waals surface area contributed by atoms with Gasteiger partial charge in [-0.3, -0.25) is 4.90 Å². The summed E-state index contributed by atoms with van der Waals surface area (Å²) in [5.74, 6) is -0.214. The zero-order valence-electron chi connectivity index (χ0n) is 10.6. The van der Waals surface area contributed by atoms with E-state index in [2.05, 4.69) is 4.90 Å². The predicted molar refractivity (Wildman–Crippen MR) is 65.7 cm³/mol. The van der Waals surface area contributed by atoms with Gasteiger partial charge in [-0.2, -0.15) is 0 Å². The smallest absolute Gasteiger partial charge is 0.168 e. The normalized spacial score (nSPS) is 34.8. The van der Waals surface area contributed by atoms with Crippen LogP contribution in [0.25, 0.3) is 0 Å². The Balaban J connectivity index is 1.57. The van der Waals surface area contributed by atoms with Crippen molar-refractivity contribution in [3.63, 3.8) is 0 Å². The Morgan fingerprint density at radius 2 is 1.82 bits per heavy atom. The van der Waals surface area contributed by atoms with E-state index < -0.39 is 0 Å². The molecule has 0 amide bonds. The van der Waals surface area contributed by atoms with Crippen LogP contribution in [0, 0.1) is 0 Å². The van der Waals surface area contributed by atoms with Gasteiger partial charge in [0, 0.05) is 31.5 Å². The summed E-state index contributed by atoms with van der Waals surface area (Å²) < 4.78 is 11.6. The molecule has 0 radical (unpaired) electrons. The van der Waals surface area contributed by atoms with Crippen LogP contribution in [0.1, 0.15) is 38.5 Å². The van der Waals surface area contributed by atoms with Gasteiger partial charge in [0.25, 0.3) is 0 Å². The molecule has 98 valence electrons. The summed E-state index contributed by atoms with van der Waals surface area (Å²) in [6.45, 7) is 3.61. The number of hydrogen-bond acceptors (Lipinski definition) is 4. The summed E-state index contributed by atoms with van der Waals surface area (Å²) in [5, 5.41) is 0. The minimum Gasteiger partial charge on any atom is -0.348 e. The lowest BCUT2D eigenvalue weighted by atomic mass is 9.88. The van der Waals surface area contributed by atoms with Gasteiger partial charge in [-0.05, 0) is 32.2 Å². The van der Waals surface area contributed by atoms with Crippen LogP contribution < -0.4 is 5.73 Å². The first-order valence-corrected chi connectivity index (χ1v) is 7.07. The quantitative estimate of drug-likeness (QED) is 0.785.